The Morgan fingerprint density at radius 1 is 1.05 bits per heavy atom. The minimum absolute atomic E-state index is 0.179. The summed E-state index contributed by atoms with van der Waals surface area (Å²) >= 11 is 3.49. The van der Waals surface area contributed by atoms with Gasteiger partial charge in [0.05, 0.1) is 0 Å². The maximum Gasteiger partial charge on any atom is 0.167 e. The first-order chi connectivity index (χ1) is 8.97. The van der Waals surface area contributed by atoms with Crippen molar-refractivity contribution in [1.29, 1.82) is 0 Å². The summed E-state index contributed by atoms with van der Waals surface area (Å²) < 4.78 is 1.05. The van der Waals surface area contributed by atoms with Gasteiger partial charge in [-0.25, -0.2) is 0 Å². The van der Waals surface area contributed by atoms with Gasteiger partial charge in [-0.1, -0.05) is 45.8 Å². The van der Waals surface area contributed by atoms with E-state index in [1.54, 1.807) is 0 Å². The zero-order valence-electron chi connectivity index (χ0n) is 11.5. The molecule has 0 bridgehead atoms. The third-order valence-corrected chi connectivity index (χ3v) is 4.11. The second-order valence-electron chi connectivity index (χ2n) is 5.01. The normalized spacial score (nSPS) is 10.5. The largest absolute Gasteiger partial charge is 0.294 e. The van der Waals surface area contributed by atoms with Crippen molar-refractivity contribution < 1.29 is 4.79 Å². The van der Waals surface area contributed by atoms with Crippen molar-refractivity contribution in [1.82, 2.24) is 0 Å². The lowest BCUT2D eigenvalue weighted by Crippen LogP contribution is -2.06. The first kappa shape index (κ1) is 14.0. The molecule has 1 nitrogen and oxygen atoms in total. The number of carbonyl (C=O) groups excluding carboxylic acids is 1. The van der Waals surface area contributed by atoms with Crippen LogP contribution < -0.4 is 0 Å². The molecule has 0 fully saturated rings. The molecule has 0 aromatic heterocycles. The van der Waals surface area contributed by atoms with Crippen LogP contribution in [-0.4, -0.2) is 5.78 Å². The third-order valence-electron chi connectivity index (χ3n) is 3.25. The fourth-order valence-corrected chi connectivity index (χ4v) is 2.64. The van der Waals surface area contributed by atoms with Crippen LogP contribution in [0, 0.1) is 20.8 Å². The number of carbonyl (C=O) groups is 1. The van der Waals surface area contributed by atoms with Crippen molar-refractivity contribution in [2.45, 2.75) is 27.2 Å². The van der Waals surface area contributed by atoms with Gasteiger partial charge in [0, 0.05) is 16.5 Å². The molecule has 0 atom stereocenters. The molecule has 0 spiro atoms. The number of halogens is 1. The molecule has 0 radical (unpaired) electrons. The summed E-state index contributed by atoms with van der Waals surface area (Å²) in [5, 5.41) is 0. The molecule has 2 rings (SSSR count). The van der Waals surface area contributed by atoms with E-state index >= 15 is 0 Å². The Balaban J connectivity index is 2.28. The van der Waals surface area contributed by atoms with E-state index in [2.05, 4.69) is 22.0 Å². The first-order valence-corrected chi connectivity index (χ1v) is 7.12. The van der Waals surface area contributed by atoms with Crippen LogP contribution in [0.25, 0.3) is 0 Å². The molecule has 0 N–H and O–H groups in total. The Labute approximate surface area is 122 Å². The van der Waals surface area contributed by atoms with Crippen LogP contribution in [0.3, 0.4) is 0 Å². The Morgan fingerprint density at radius 2 is 1.79 bits per heavy atom. The summed E-state index contributed by atoms with van der Waals surface area (Å²) in [6.07, 6.45) is 0.462. The molecule has 98 valence electrons. The van der Waals surface area contributed by atoms with Crippen molar-refractivity contribution in [2.75, 3.05) is 0 Å². The molecular formula is C17H17BrO. The van der Waals surface area contributed by atoms with Gasteiger partial charge < -0.3 is 0 Å². The summed E-state index contributed by atoms with van der Waals surface area (Å²) in [7, 11) is 0. The van der Waals surface area contributed by atoms with Gasteiger partial charge in [0.1, 0.15) is 0 Å². The summed E-state index contributed by atoms with van der Waals surface area (Å²) in [5.74, 6) is 0.179. The fourth-order valence-electron chi connectivity index (χ4n) is 2.18. The van der Waals surface area contributed by atoms with E-state index < -0.39 is 0 Å². The number of rotatable bonds is 3. The highest BCUT2D eigenvalue weighted by atomic mass is 79.9. The average Bonchev–Trinajstić information content (AvgIpc) is 2.33. The van der Waals surface area contributed by atoms with Crippen LogP contribution in [0.4, 0.5) is 0 Å². The number of aryl methyl sites for hydroxylation is 3. The second kappa shape index (κ2) is 5.70. The van der Waals surface area contributed by atoms with Crippen molar-refractivity contribution in [3.63, 3.8) is 0 Å². The van der Waals surface area contributed by atoms with E-state index in [1.165, 1.54) is 5.56 Å². The zero-order chi connectivity index (χ0) is 14.0. The van der Waals surface area contributed by atoms with Crippen LogP contribution >= 0.6 is 15.9 Å². The Morgan fingerprint density at radius 3 is 2.47 bits per heavy atom. The van der Waals surface area contributed by atoms with Gasteiger partial charge in [0.25, 0.3) is 0 Å². The van der Waals surface area contributed by atoms with Crippen molar-refractivity contribution in [3.8, 4) is 0 Å². The van der Waals surface area contributed by atoms with Crippen LogP contribution in [0.2, 0.25) is 0 Å². The number of Topliss-reactive ketones (excluding diaryl/α,β-unsaturated/α-hetero) is 1. The van der Waals surface area contributed by atoms with E-state index in [0.717, 1.165) is 26.7 Å². The standard InChI is InChI=1S/C17H17BrO/c1-11-5-4-6-14(7-11)10-17(19)15-8-13(3)16(18)9-12(15)2/h4-9H,10H2,1-3H3. The monoisotopic (exact) mass is 316 g/mol. The summed E-state index contributed by atoms with van der Waals surface area (Å²) in [5.41, 5.74) is 5.20. The van der Waals surface area contributed by atoms with Gasteiger partial charge in [-0.2, -0.15) is 0 Å². The van der Waals surface area contributed by atoms with E-state index in [4.69, 9.17) is 0 Å². The maximum absolute atomic E-state index is 12.4. The zero-order valence-corrected chi connectivity index (χ0v) is 13.0. The number of hydrogen-bond donors (Lipinski definition) is 0. The SMILES string of the molecule is Cc1cccc(CC(=O)c2cc(C)c(Br)cc2C)c1. The van der Waals surface area contributed by atoms with Gasteiger partial charge >= 0.3 is 0 Å². The van der Waals surface area contributed by atoms with Crippen LogP contribution in [-0.2, 0) is 6.42 Å². The minimum atomic E-state index is 0.179. The van der Waals surface area contributed by atoms with Crippen molar-refractivity contribution >= 4 is 21.7 Å². The molecule has 0 unspecified atom stereocenters. The third kappa shape index (κ3) is 3.32. The molecule has 0 aliphatic rings. The van der Waals surface area contributed by atoms with E-state index in [-0.39, 0.29) is 5.78 Å². The highest BCUT2D eigenvalue weighted by Crippen LogP contribution is 2.22. The van der Waals surface area contributed by atoms with Gasteiger partial charge in [0.2, 0.25) is 0 Å². The minimum Gasteiger partial charge on any atom is -0.294 e. The van der Waals surface area contributed by atoms with Crippen molar-refractivity contribution in [3.05, 3.63) is 68.7 Å². The molecule has 0 saturated carbocycles. The molecular weight excluding hydrogens is 300 g/mol. The van der Waals surface area contributed by atoms with E-state index in [0.29, 0.717) is 6.42 Å². The number of hydrogen-bond acceptors (Lipinski definition) is 1. The molecule has 2 aromatic carbocycles. The average molecular weight is 317 g/mol. The lowest BCUT2D eigenvalue weighted by molar-refractivity contribution is 0.0992. The van der Waals surface area contributed by atoms with Gasteiger partial charge in [-0.05, 0) is 49.6 Å². The lowest BCUT2D eigenvalue weighted by Gasteiger charge is -2.08. The second-order valence-corrected chi connectivity index (χ2v) is 5.86. The first-order valence-electron chi connectivity index (χ1n) is 6.33. The molecule has 0 aliphatic carbocycles. The van der Waals surface area contributed by atoms with Crippen LogP contribution in [0.15, 0.2) is 40.9 Å². The molecule has 19 heavy (non-hydrogen) atoms. The Hall–Kier alpha value is -1.41. The van der Waals surface area contributed by atoms with Gasteiger partial charge in [0.15, 0.2) is 5.78 Å². The number of benzene rings is 2. The quantitative estimate of drug-likeness (QED) is 0.743. The molecule has 2 aromatic rings. The summed E-state index contributed by atoms with van der Waals surface area (Å²) in [4.78, 5) is 12.4. The van der Waals surface area contributed by atoms with Crippen LogP contribution in [0.1, 0.15) is 32.6 Å². The maximum atomic E-state index is 12.4. The highest BCUT2D eigenvalue weighted by Gasteiger charge is 2.11. The van der Waals surface area contributed by atoms with Crippen molar-refractivity contribution in [2.24, 2.45) is 0 Å². The molecule has 0 heterocycles. The Kier molecular flexibility index (Phi) is 4.20. The summed E-state index contributed by atoms with van der Waals surface area (Å²) in [6.45, 7) is 6.03. The fraction of sp³-hybridized carbons (Fsp3) is 0.235. The Bertz CT molecular complexity index is 629. The topological polar surface area (TPSA) is 17.1 Å². The van der Waals surface area contributed by atoms with Crippen LogP contribution in [0.5, 0.6) is 0 Å². The predicted octanol–water partition coefficient (Wildman–Crippen LogP) is 4.80. The smallest absolute Gasteiger partial charge is 0.167 e. The predicted molar refractivity (Wildman–Crippen MR) is 82.8 cm³/mol. The van der Waals surface area contributed by atoms with Gasteiger partial charge in [-0.3, -0.25) is 4.79 Å². The highest BCUT2D eigenvalue weighted by molar-refractivity contribution is 9.10. The molecule has 0 amide bonds. The van der Waals surface area contributed by atoms with E-state index in [9.17, 15) is 4.79 Å². The lowest BCUT2D eigenvalue weighted by atomic mass is 9.97. The molecule has 0 saturated heterocycles. The molecule has 2 heteroatoms. The summed E-state index contributed by atoms with van der Waals surface area (Å²) in [6, 6.07) is 12.1. The molecule has 0 aliphatic heterocycles. The van der Waals surface area contributed by atoms with Gasteiger partial charge in [-0.15, -0.1) is 0 Å². The number of ketones is 1. The van der Waals surface area contributed by atoms with E-state index in [1.807, 2.05) is 51.1 Å².